The van der Waals surface area contributed by atoms with E-state index in [9.17, 15) is 0 Å². The first-order chi connectivity index (χ1) is 10.3. The topological polar surface area (TPSA) is 94.5 Å². The number of nitrogens with zero attached hydrogens (tertiary/aromatic N) is 5. The van der Waals surface area contributed by atoms with Crippen molar-refractivity contribution >= 4 is 17.7 Å². The summed E-state index contributed by atoms with van der Waals surface area (Å²) in [7, 11) is 0. The lowest BCUT2D eigenvalue weighted by Crippen LogP contribution is -2.11. The van der Waals surface area contributed by atoms with Gasteiger partial charge in [-0.25, -0.2) is 15.8 Å². The van der Waals surface area contributed by atoms with E-state index < -0.39 is 0 Å². The van der Waals surface area contributed by atoms with Gasteiger partial charge in [0.15, 0.2) is 5.16 Å². The van der Waals surface area contributed by atoms with E-state index in [1.54, 1.807) is 18.0 Å². The molecule has 0 amide bonds. The summed E-state index contributed by atoms with van der Waals surface area (Å²) in [5.74, 6) is 7.57. The van der Waals surface area contributed by atoms with Crippen molar-refractivity contribution in [2.45, 2.75) is 54.7 Å². The third kappa shape index (κ3) is 2.49. The van der Waals surface area contributed by atoms with Crippen molar-refractivity contribution in [2.75, 3.05) is 5.43 Å². The highest BCUT2D eigenvalue weighted by Crippen LogP contribution is 2.46. The van der Waals surface area contributed by atoms with Gasteiger partial charge in [0.2, 0.25) is 5.95 Å². The van der Waals surface area contributed by atoms with Gasteiger partial charge in [-0.05, 0) is 44.4 Å². The summed E-state index contributed by atoms with van der Waals surface area (Å²) in [6.07, 6.45) is 6.70. The Labute approximate surface area is 126 Å². The molecule has 0 spiro atoms. The summed E-state index contributed by atoms with van der Waals surface area (Å²) in [6, 6.07) is 0.576. The molecular weight excluding hydrogens is 286 g/mol. The number of rotatable bonds is 5. The van der Waals surface area contributed by atoms with Crippen LogP contribution in [0.3, 0.4) is 0 Å². The van der Waals surface area contributed by atoms with Crippen LogP contribution in [0.5, 0.6) is 0 Å². The number of aromatic nitrogens is 5. The number of anilines is 1. The second kappa shape index (κ2) is 4.96. The zero-order valence-electron chi connectivity index (χ0n) is 11.8. The van der Waals surface area contributed by atoms with E-state index >= 15 is 0 Å². The van der Waals surface area contributed by atoms with Gasteiger partial charge >= 0.3 is 0 Å². The first kappa shape index (κ1) is 13.0. The van der Waals surface area contributed by atoms with E-state index in [-0.39, 0.29) is 0 Å². The maximum absolute atomic E-state index is 5.38. The Hall–Kier alpha value is -1.67. The smallest absolute Gasteiger partial charge is 0.238 e. The van der Waals surface area contributed by atoms with E-state index in [1.165, 1.54) is 25.7 Å². The molecule has 0 radical (unpaired) electrons. The lowest BCUT2D eigenvalue weighted by molar-refractivity contribution is 0.626. The largest absolute Gasteiger partial charge is 0.302 e. The molecule has 110 valence electrons. The number of hydrogen-bond acceptors (Lipinski definition) is 7. The predicted octanol–water partition coefficient (Wildman–Crippen LogP) is 2.03. The quantitative estimate of drug-likeness (QED) is 0.495. The number of hydrazine groups is 1. The third-order valence-electron chi connectivity index (χ3n) is 3.79. The van der Waals surface area contributed by atoms with Crippen molar-refractivity contribution in [3.05, 3.63) is 17.6 Å². The Kier molecular flexibility index (Phi) is 3.07. The van der Waals surface area contributed by atoms with Crippen molar-refractivity contribution in [2.24, 2.45) is 5.84 Å². The molecule has 2 heterocycles. The fourth-order valence-electron chi connectivity index (χ4n) is 2.34. The van der Waals surface area contributed by atoms with Crippen LogP contribution in [0.25, 0.3) is 0 Å². The molecule has 2 aromatic heterocycles. The fraction of sp³-hybridized carbons (Fsp3) is 0.538. The van der Waals surface area contributed by atoms with Crippen molar-refractivity contribution < 1.29 is 0 Å². The monoisotopic (exact) mass is 303 g/mol. The molecule has 0 bridgehead atoms. The van der Waals surface area contributed by atoms with Crippen LogP contribution in [0.15, 0.2) is 16.4 Å². The van der Waals surface area contributed by atoms with Gasteiger partial charge in [0.05, 0.1) is 0 Å². The molecule has 2 aliphatic rings. The maximum atomic E-state index is 5.38. The van der Waals surface area contributed by atoms with Gasteiger partial charge in [0.25, 0.3) is 0 Å². The number of nitrogen functional groups attached to an aromatic ring is 1. The zero-order valence-corrected chi connectivity index (χ0v) is 12.6. The van der Waals surface area contributed by atoms with E-state index in [0.29, 0.717) is 17.9 Å². The number of aryl methyl sites for hydroxylation is 1. The highest BCUT2D eigenvalue weighted by molar-refractivity contribution is 7.99. The molecule has 0 aliphatic heterocycles. The molecule has 2 aromatic rings. The average molecular weight is 303 g/mol. The number of nitrogens with one attached hydrogen (secondary N) is 1. The lowest BCUT2D eigenvalue weighted by atomic mass is 10.4. The summed E-state index contributed by atoms with van der Waals surface area (Å²) in [5.41, 5.74) is 3.50. The van der Waals surface area contributed by atoms with Crippen LogP contribution in [0, 0.1) is 6.92 Å². The molecule has 0 aromatic carbocycles. The molecule has 0 atom stereocenters. The molecule has 8 heteroatoms. The zero-order chi connectivity index (χ0) is 14.4. The van der Waals surface area contributed by atoms with Crippen LogP contribution >= 0.6 is 11.8 Å². The van der Waals surface area contributed by atoms with E-state index in [4.69, 9.17) is 5.84 Å². The van der Waals surface area contributed by atoms with Crippen molar-refractivity contribution in [1.29, 1.82) is 0 Å². The van der Waals surface area contributed by atoms with Crippen molar-refractivity contribution in [3.8, 4) is 0 Å². The summed E-state index contributed by atoms with van der Waals surface area (Å²) < 4.78 is 2.32. The predicted molar refractivity (Wildman–Crippen MR) is 79.0 cm³/mol. The van der Waals surface area contributed by atoms with Gasteiger partial charge in [-0.1, -0.05) is 0 Å². The molecule has 2 aliphatic carbocycles. The Bertz CT molecular complexity index is 675. The van der Waals surface area contributed by atoms with Gasteiger partial charge in [-0.2, -0.15) is 0 Å². The molecular formula is C13H17N7S. The van der Waals surface area contributed by atoms with Crippen LogP contribution in [0.4, 0.5) is 5.95 Å². The Morgan fingerprint density at radius 3 is 2.76 bits per heavy atom. The Balaban J connectivity index is 1.68. The SMILES string of the molecule is Cc1cnc(NN)nc1Sc1nnc(C2CC2)n1C1CC1. The van der Waals surface area contributed by atoms with Crippen LogP contribution in [-0.4, -0.2) is 24.7 Å². The second-order valence-corrected chi connectivity index (χ2v) is 6.60. The fourth-order valence-corrected chi connectivity index (χ4v) is 3.28. The van der Waals surface area contributed by atoms with Gasteiger partial charge in [0.1, 0.15) is 10.9 Å². The highest BCUT2D eigenvalue weighted by Gasteiger charge is 2.36. The molecule has 21 heavy (non-hydrogen) atoms. The maximum Gasteiger partial charge on any atom is 0.238 e. The normalized spacial score (nSPS) is 18.0. The van der Waals surface area contributed by atoms with E-state index in [0.717, 1.165) is 21.6 Å². The van der Waals surface area contributed by atoms with Crippen LogP contribution in [0.2, 0.25) is 0 Å². The molecule has 0 saturated heterocycles. The first-order valence-corrected chi connectivity index (χ1v) is 8.01. The molecule has 7 nitrogen and oxygen atoms in total. The summed E-state index contributed by atoms with van der Waals surface area (Å²) in [5, 5.41) is 10.6. The Morgan fingerprint density at radius 1 is 1.29 bits per heavy atom. The first-order valence-electron chi connectivity index (χ1n) is 7.19. The van der Waals surface area contributed by atoms with Crippen LogP contribution in [0.1, 0.15) is 49.0 Å². The van der Waals surface area contributed by atoms with E-state index in [1.807, 2.05) is 6.92 Å². The molecule has 2 saturated carbocycles. The number of hydrogen-bond donors (Lipinski definition) is 2. The average Bonchev–Trinajstić information content (AvgIpc) is 3.40. The molecule has 4 rings (SSSR count). The molecule has 0 unspecified atom stereocenters. The summed E-state index contributed by atoms with van der Waals surface area (Å²) in [6.45, 7) is 1.99. The van der Waals surface area contributed by atoms with Gasteiger partial charge in [-0.15, -0.1) is 10.2 Å². The van der Waals surface area contributed by atoms with Gasteiger partial charge in [0, 0.05) is 23.7 Å². The highest BCUT2D eigenvalue weighted by atomic mass is 32.2. The van der Waals surface area contributed by atoms with E-state index in [2.05, 4.69) is 30.2 Å². The standard InChI is InChI=1S/C13H17N7S/c1-7-6-15-12(17-14)16-11(7)21-13-19-18-10(8-2-3-8)20(13)9-4-5-9/h6,8-9H,2-5,14H2,1H3,(H,15,16,17). The minimum absolute atomic E-state index is 0.419. The van der Waals surface area contributed by atoms with Crippen molar-refractivity contribution in [3.63, 3.8) is 0 Å². The third-order valence-corrected chi connectivity index (χ3v) is 4.86. The summed E-state index contributed by atoms with van der Waals surface area (Å²) >= 11 is 1.55. The van der Waals surface area contributed by atoms with Crippen LogP contribution in [-0.2, 0) is 0 Å². The number of nitrogens with two attached hydrogens (primary N) is 1. The van der Waals surface area contributed by atoms with Gasteiger partial charge in [-0.3, -0.25) is 5.43 Å². The second-order valence-electron chi connectivity index (χ2n) is 5.64. The minimum atomic E-state index is 0.419. The molecule has 2 fully saturated rings. The van der Waals surface area contributed by atoms with Crippen molar-refractivity contribution in [1.82, 2.24) is 24.7 Å². The lowest BCUT2D eigenvalue weighted by Gasteiger charge is -2.09. The van der Waals surface area contributed by atoms with Crippen LogP contribution < -0.4 is 11.3 Å². The van der Waals surface area contributed by atoms with Gasteiger partial charge < -0.3 is 4.57 Å². The molecule has 3 N–H and O–H groups in total. The Morgan fingerprint density at radius 2 is 2.10 bits per heavy atom. The minimum Gasteiger partial charge on any atom is -0.302 e. The summed E-state index contributed by atoms with van der Waals surface area (Å²) in [4.78, 5) is 8.52.